The minimum absolute atomic E-state index is 0.0192. The summed E-state index contributed by atoms with van der Waals surface area (Å²) >= 11 is 0. The Kier molecular flexibility index (Phi) is 4.63. The van der Waals surface area contributed by atoms with Crippen molar-refractivity contribution in [1.82, 2.24) is 5.32 Å². The van der Waals surface area contributed by atoms with Crippen LogP contribution in [0.5, 0.6) is 5.75 Å². The SMILES string of the molecule is CCCNC(C)C(=O)c1ccc2c(c1)N(C)C(=O)C(C)O2. The number of amides is 1. The van der Waals surface area contributed by atoms with Crippen molar-refractivity contribution in [3.05, 3.63) is 23.8 Å². The highest BCUT2D eigenvalue weighted by Gasteiger charge is 2.29. The molecule has 0 bridgehead atoms. The lowest BCUT2D eigenvalue weighted by atomic mass is 10.0. The average molecular weight is 290 g/mol. The summed E-state index contributed by atoms with van der Waals surface area (Å²) in [6.45, 7) is 6.43. The van der Waals surface area contributed by atoms with Crippen molar-refractivity contribution in [2.45, 2.75) is 39.3 Å². The molecule has 0 saturated heterocycles. The van der Waals surface area contributed by atoms with Gasteiger partial charge >= 0.3 is 0 Å². The van der Waals surface area contributed by atoms with Crippen LogP contribution in [0.25, 0.3) is 0 Å². The van der Waals surface area contributed by atoms with Gasteiger partial charge in [-0.05, 0) is 45.0 Å². The molecule has 0 spiro atoms. The van der Waals surface area contributed by atoms with Gasteiger partial charge in [-0.25, -0.2) is 0 Å². The number of fused-ring (bicyclic) bond motifs is 1. The predicted octanol–water partition coefficient (Wildman–Crippen LogP) is 2.00. The van der Waals surface area contributed by atoms with E-state index in [1.54, 1.807) is 37.1 Å². The van der Waals surface area contributed by atoms with Crippen molar-refractivity contribution in [3.63, 3.8) is 0 Å². The lowest BCUT2D eigenvalue weighted by Crippen LogP contribution is -2.42. The van der Waals surface area contributed by atoms with Crippen molar-refractivity contribution in [2.75, 3.05) is 18.5 Å². The van der Waals surface area contributed by atoms with E-state index >= 15 is 0 Å². The molecule has 114 valence electrons. The smallest absolute Gasteiger partial charge is 0.267 e. The minimum atomic E-state index is -0.491. The number of nitrogens with one attached hydrogen (secondary N) is 1. The summed E-state index contributed by atoms with van der Waals surface area (Å²) in [4.78, 5) is 25.9. The van der Waals surface area contributed by atoms with Gasteiger partial charge in [-0.1, -0.05) is 6.92 Å². The number of Topliss-reactive ketones (excluding diaryl/α,β-unsaturated/α-hetero) is 1. The van der Waals surface area contributed by atoms with Crippen LogP contribution in [0.3, 0.4) is 0 Å². The second-order valence-electron chi connectivity index (χ2n) is 5.38. The quantitative estimate of drug-likeness (QED) is 0.843. The van der Waals surface area contributed by atoms with Crippen LogP contribution in [0.4, 0.5) is 5.69 Å². The molecule has 1 aromatic rings. The van der Waals surface area contributed by atoms with E-state index in [0.717, 1.165) is 13.0 Å². The molecule has 5 nitrogen and oxygen atoms in total. The maximum Gasteiger partial charge on any atom is 0.267 e. The number of likely N-dealkylation sites (N-methyl/N-ethyl adjacent to an activating group) is 1. The average Bonchev–Trinajstić information content (AvgIpc) is 2.49. The highest BCUT2D eigenvalue weighted by atomic mass is 16.5. The van der Waals surface area contributed by atoms with Crippen LogP contribution in [0.1, 0.15) is 37.6 Å². The third-order valence-electron chi connectivity index (χ3n) is 3.68. The first kappa shape index (κ1) is 15.5. The summed E-state index contributed by atoms with van der Waals surface area (Å²) in [7, 11) is 1.70. The Morgan fingerprint density at radius 1 is 1.48 bits per heavy atom. The molecule has 0 aliphatic carbocycles. The van der Waals surface area contributed by atoms with Crippen molar-refractivity contribution >= 4 is 17.4 Å². The van der Waals surface area contributed by atoms with E-state index in [1.807, 2.05) is 6.92 Å². The van der Waals surface area contributed by atoms with Gasteiger partial charge in [-0.15, -0.1) is 0 Å². The number of anilines is 1. The second-order valence-corrected chi connectivity index (χ2v) is 5.38. The van der Waals surface area contributed by atoms with Crippen LogP contribution >= 0.6 is 0 Å². The standard InChI is InChI=1S/C16H22N2O3/c1-5-8-17-10(2)15(19)12-6-7-14-13(9-12)18(4)16(20)11(3)21-14/h6-7,9-11,17H,5,8H2,1-4H3. The molecule has 0 aromatic heterocycles. The number of ketones is 1. The monoisotopic (exact) mass is 290 g/mol. The van der Waals surface area contributed by atoms with E-state index in [2.05, 4.69) is 12.2 Å². The van der Waals surface area contributed by atoms with Crippen molar-refractivity contribution in [1.29, 1.82) is 0 Å². The Labute approximate surface area is 125 Å². The van der Waals surface area contributed by atoms with Gasteiger partial charge in [0.1, 0.15) is 5.75 Å². The van der Waals surface area contributed by atoms with Crippen LogP contribution in [0.15, 0.2) is 18.2 Å². The Hall–Kier alpha value is -1.88. The van der Waals surface area contributed by atoms with Crippen LogP contribution < -0.4 is 15.0 Å². The first-order valence-electron chi connectivity index (χ1n) is 7.31. The molecule has 2 unspecified atom stereocenters. The zero-order chi connectivity index (χ0) is 15.6. The summed E-state index contributed by atoms with van der Waals surface area (Å²) in [6, 6.07) is 4.99. The van der Waals surface area contributed by atoms with Crippen LogP contribution in [0.2, 0.25) is 0 Å². The van der Waals surface area contributed by atoms with E-state index in [9.17, 15) is 9.59 Å². The van der Waals surface area contributed by atoms with Crippen LogP contribution in [-0.2, 0) is 4.79 Å². The molecule has 1 N–H and O–H groups in total. The zero-order valence-corrected chi connectivity index (χ0v) is 13.0. The van der Waals surface area contributed by atoms with Gasteiger partial charge in [0.25, 0.3) is 5.91 Å². The lowest BCUT2D eigenvalue weighted by Gasteiger charge is -2.30. The number of ether oxygens (including phenoxy) is 1. The zero-order valence-electron chi connectivity index (χ0n) is 13.0. The molecular formula is C16H22N2O3. The molecule has 1 aromatic carbocycles. The molecule has 0 radical (unpaired) electrons. The Bertz CT molecular complexity index is 556. The van der Waals surface area contributed by atoms with Crippen molar-refractivity contribution < 1.29 is 14.3 Å². The lowest BCUT2D eigenvalue weighted by molar-refractivity contribution is -0.125. The molecule has 1 aliphatic rings. The fourth-order valence-electron chi connectivity index (χ4n) is 2.37. The number of rotatable bonds is 5. The second kappa shape index (κ2) is 6.26. The molecule has 1 heterocycles. The molecule has 5 heteroatoms. The van der Waals surface area contributed by atoms with Gasteiger partial charge in [0.05, 0.1) is 11.7 Å². The van der Waals surface area contributed by atoms with Crippen molar-refractivity contribution in [2.24, 2.45) is 0 Å². The molecule has 1 aliphatic heterocycles. The van der Waals surface area contributed by atoms with E-state index < -0.39 is 6.10 Å². The third-order valence-corrected chi connectivity index (χ3v) is 3.68. The van der Waals surface area contributed by atoms with Gasteiger partial charge in [-0.3, -0.25) is 9.59 Å². The van der Waals surface area contributed by atoms with E-state index in [0.29, 0.717) is 17.0 Å². The van der Waals surface area contributed by atoms with E-state index in [-0.39, 0.29) is 17.7 Å². The number of hydrogen-bond donors (Lipinski definition) is 1. The van der Waals surface area contributed by atoms with Crippen LogP contribution in [-0.4, -0.2) is 37.4 Å². The fourth-order valence-corrected chi connectivity index (χ4v) is 2.37. The Balaban J connectivity index is 2.25. The first-order valence-corrected chi connectivity index (χ1v) is 7.31. The van der Waals surface area contributed by atoms with E-state index in [4.69, 9.17) is 4.74 Å². The van der Waals surface area contributed by atoms with Crippen molar-refractivity contribution in [3.8, 4) is 5.75 Å². The third kappa shape index (κ3) is 3.08. The maximum absolute atomic E-state index is 12.4. The number of hydrogen-bond acceptors (Lipinski definition) is 4. The highest BCUT2D eigenvalue weighted by molar-refractivity contribution is 6.04. The largest absolute Gasteiger partial charge is 0.479 e. The molecule has 2 rings (SSSR count). The molecule has 21 heavy (non-hydrogen) atoms. The van der Waals surface area contributed by atoms with Gasteiger partial charge in [0, 0.05) is 12.6 Å². The fraction of sp³-hybridized carbons (Fsp3) is 0.500. The summed E-state index contributed by atoms with van der Waals surface area (Å²) in [5, 5.41) is 3.18. The molecule has 1 amide bonds. The van der Waals surface area contributed by atoms with E-state index in [1.165, 1.54) is 0 Å². The van der Waals surface area contributed by atoms with Gasteiger partial charge in [0.2, 0.25) is 0 Å². The summed E-state index contributed by atoms with van der Waals surface area (Å²) in [5.41, 5.74) is 1.23. The van der Waals surface area contributed by atoms with Gasteiger partial charge in [-0.2, -0.15) is 0 Å². The number of nitrogens with zero attached hydrogens (tertiary/aromatic N) is 1. The topological polar surface area (TPSA) is 58.6 Å². The highest BCUT2D eigenvalue weighted by Crippen LogP contribution is 2.34. The number of carbonyl (C=O) groups excluding carboxylic acids is 2. The normalized spacial score (nSPS) is 19.0. The molecular weight excluding hydrogens is 268 g/mol. The Morgan fingerprint density at radius 2 is 2.19 bits per heavy atom. The first-order chi connectivity index (χ1) is 9.95. The summed E-state index contributed by atoms with van der Waals surface area (Å²) < 4.78 is 5.56. The molecule has 0 saturated carbocycles. The maximum atomic E-state index is 12.4. The van der Waals surface area contributed by atoms with Gasteiger partial charge < -0.3 is 15.0 Å². The summed E-state index contributed by atoms with van der Waals surface area (Å²) in [6.07, 6.45) is 0.485. The van der Waals surface area contributed by atoms with Gasteiger partial charge in [0.15, 0.2) is 11.9 Å². The number of benzene rings is 1. The molecule has 2 atom stereocenters. The number of carbonyl (C=O) groups is 2. The molecule has 0 fully saturated rings. The predicted molar refractivity (Wildman–Crippen MR) is 82.0 cm³/mol. The summed E-state index contributed by atoms with van der Waals surface area (Å²) in [5.74, 6) is 0.547. The van der Waals surface area contributed by atoms with Crippen LogP contribution in [0, 0.1) is 0 Å². The Morgan fingerprint density at radius 3 is 2.86 bits per heavy atom. The minimum Gasteiger partial charge on any atom is -0.479 e.